The lowest BCUT2D eigenvalue weighted by atomic mass is 10.3. The van der Waals surface area contributed by atoms with Gasteiger partial charge in [-0.25, -0.2) is 0 Å². The molecule has 0 radical (unpaired) electrons. The van der Waals surface area contributed by atoms with E-state index in [0.717, 1.165) is 0 Å². The average Bonchev–Trinajstić information content (AvgIpc) is 2.57. The van der Waals surface area contributed by atoms with Crippen LogP contribution in [-0.4, -0.2) is 23.5 Å². The Kier molecular flexibility index (Phi) is 3.15. The van der Waals surface area contributed by atoms with Crippen LogP contribution in [-0.2, 0) is 9.59 Å². The third-order valence-corrected chi connectivity index (χ3v) is 3.66. The summed E-state index contributed by atoms with van der Waals surface area (Å²) in [6, 6.07) is 0. The van der Waals surface area contributed by atoms with Crippen LogP contribution in [0.15, 0.2) is 23.0 Å². The molecule has 78 valence electrons. The number of Topliss-reactive ketones (excluding diaryl/α,β-unsaturated/α-hetero) is 1. The maximum absolute atomic E-state index is 12.0. The predicted octanol–water partition coefficient (Wildman–Crippen LogP) is 1.73. The number of carbonyl (C=O) groups excluding carboxylic acids is 2. The van der Waals surface area contributed by atoms with Crippen LogP contribution in [0.25, 0.3) is 0 Å². The van der Waals surface area contributed by atoms with Crippen molar-refractivity contribution < 1.29 is 22.8 Å². The normalized spacial score (nSPS) is 19.8. The van der Waals surface area contributed by atoms with Crippen LogP contribution in [0.3, 0.4) is 0 Å². The highest BCUT2D eigenvalue weighted by Gasteiger charge is 2.44. The molecule has 0 aliphatic carbocycles. The Balaban J connectivity index is 2.82. The van der Waals surface area contributed by atoms with Gasteiger partial charge in [0.25, 0.3) is 5.78 Å². The van der Waals surface area contributed by atoms with E-state index in [1.807, 2.05) is 0 Å². The van der Waals surface area contributed by atoms with Gasteiger partial charge in [-0.1, -0.05) is 12.2 Å². The summed E-state index contributed by atoms with van der Waals surface area (Å²) < 4.78 is 36.0. The number of thiol groups is 1. The fraction of sp³-hybridized carbons (Fsp3) is 0.250. The zero-order valence-corrected chi connectivity index (χ0v) is 7.76. The summed E-state index contributed by atoms with van der Waals surface area (Å²) in [6.45, 7) is 0. The molecule has 1 heterocycles. The molecule has 0 saturated heterocycles. The molecule has 0 saturated carbocycles. The van der Waals surface area contributed by atoms with Crippen molar-refractivity contribution in [2.24, 2.45) is 0 Å². The Morgan fingerprint density at radius 1 is 1.29 bits per heavy atom. The van der Waals surface area contributed by atoms with Gasteiger partial charge < -0.3 is 4.79 Å². The van der Waals surface area contributed by atoms with Gasteiger partial charge in [0.15, 0.2) is 0 Å². The van der Waals surface area contributed by atoms with Crippen LogP contribution in [0.5, 0.6) is 0 Å². The summed E-state index contributed by atoms with van der Waals surface area (Å²) in [5.41, 5.74) is 0. The summed E-state index contributed by atoms with van der Waals surface area (Å²) in [7, 11) is -1.41. The fourth-order valence-corrected chi connectivity index (χ4v) is 2.59. The van der Waals surface area contributed by atoms with Gasteiger partial charge in [0.2, 0.25) is 0 Å². The first-order valence-electron chi connectivity index (χ1n) is 3.65. The first-order chi connectivity index (χ1) is 6.46. The summed E-state index contributed by atoms with van der Waals surface area (Å²) in [5.74, 6) is -1.96. The van der Waals surface area contributed by atoms with Crippen molar-refractivity contribution in [2.45, 2.75) is 11.4 Å². The monoisotopic (exact) mass is 224 g/mol. The second-order valence-electron chi connectivity index (χ2n) is 2.57. The number of allylic oxidation sites excluding steroid dienone is 2. The number of ketones is 1. The zero-order valence-electron chi connectivity index (χ0n) is 6.86. The zero-order chi connectivity index (χ0) is 10.8. The number of aldehydes is 1. The van der Waals surface area contributed by atoms with Gasteiger partial charge in [-0.3, -0.25) is 4.79 Å². The molecule has 0 N–H and O–H groups in total. The van der Waals surface area contributed by atoms with E-state index >= 15 is 0 Å². The largest absolute Gasteiger partial charge is 0.451 e. The molecule has 1 atom stereocenters. The molecule has 0 spiro atoms. The Morgan fingerprint density at radius 3 is 2.14 bits per heavy atom. The molecule has 1 rings (SSSR count). The van der Waals surface area contributed by atoms with Crippen molar-refractivity contribution >= 4 is 23.0 Å². The topological polar surface area (TPSA) is 34.1 Å². The van der Waals surface area contributed by atoms with Gasteiger partial charge in [0, 0.05) is 0 Å². The number of hydrogen-bond donors (Lipinski definition) is 1. The lowest BCUT2D eigenvalue weighted by Crippen LogP contribution is -2.34. The van der Waals surface area contributed by atoms with Crippen molar-refractivity contribution in [1.29, 1.82) is 0 Å². The number of halogens is 3. The Morgan fingerprint density at radius 2 is 1.79 bits per heavy atom. The SMILES string of the molecule is O=CC(C(=O)C(F)(F)F)[SH]1C=CC=C1. The second kappa shape index (κ2) is 4.00. The lowest BCUT2D eigenvalue weighted by molar-refractivity contribution is -0.170. The van der Waals surface area contributed by atoms with E-state index < -0.39 is 28.1 Å². The molecule has 0 bridgehead atoms. The molecule has 14 heavy (non-hydrogen) atoms. The predicted molar refractivity (Wildman–Crippen MR) is 48.2 cm³/mol. The van der Waals surface area contributed by atoms with E-state index in [1.54, 1.807) is 0 Å². The van der Waals surface area contributed by atoms with E-state index in [0.29, 0.717) is 0 Å². The summed E-state index contributed by atoms with van der Waals surface area (Å²) in [5, 5.41) is 1.33. The number of rotatable bonds is 3. The minimum atomic E-state index is -4.93. The van der Waals surface area contributed by atoms with E-state index in [9.17, 15) is 22.8 Å². The molecule has 0 fully saturated rings. The molecular formula is C8H7F3O2S. The molecule has 0 aromatic heterocycles. The van der Waals surface area contributed by atoms with E-state index in [2.05, 4.69) is 0 Å². The highest BCUT2D eigenvalue weighted by atomic mass is 32.2. The second-order valence-corrected chi connectivity index (χ2v) is 4.62. The van der Waals surface area contributed by atoms with Crippen LogP contribution >= 0.6 is 10.9 Å². The number of alkyl halides is 3. The molecule has 1 aliphatic rings. The Bertz CT molecular complexity index is 294. The third kappa shape index (κ3) is 2.25. The quantitative estimate of drug-likeness (QED) is 0.450. The Hall–Kier alpha value is -1.04. The van der Waals surface area contributed by atoms with Gasteiger partial charge in [0.1, 0.15) is 11.5 Å². The van der Waals surface area contributed by atoms with E-state index in [4.69, 9.17) is 0 Å². The van der Waals surface area contributed by atoms with Crippen LogP contribution in [0.1, 0.15) is 0 Å². The van der Waals surface area contributed by atoms with Gasteiger partial charge in [-0.15, -0.1) is 0 Å². The third-order valence-electron chi connectivity index (χ3n) is 1.63. The van der Waals surface area contributed by atoms with E-state index in [1.165, 1.54) is 23.0 Å². The van der Waals surface area contributed by atoms with Crippen LogP contribution in [0.4, 0.5) is 13.2 Å². The van der Waals surface area contributed by atoms with Gasteiger partial charge in [-0.05, 0) is 10.8 Å². The Labute approximate surface area is 80.8 Å². The standard InChI is InChI=1S/C8H7F3O2S/c9-8(10,11)7(13)6(5-12)14-3-1-2-4-14/h1-6,14H. The smallest absolute Gasteiger partial charge is 0.302 e. The van der Waals surface area contributed by atoms with Crippen LogP contribution < -0.4 is 0 Å². The molecule has 6 heteroatoms. The summed E-state index contributed by atoms with van der Waals surface area (Å²) in [6.07, 6.45) is -1.79. The number of carbonyl (C=O) groups is 2. The van der Waals surface area contributed by atoms with Gasteiger partial charge in [-0.2, -0.15) is 24.1 Å². The summed E-state index contributed by atoms with van der Waals surface area (Å²) in [4.78, 5) is 21.2. The lowest BCUT2D eigenvalue weighted by Gasteiger charge is -2.18. The van der Waals surface area contributed by atoms with Crippen molar-refractivity contribution in [3.05, 3.63) is 23.0 Å². The first-order valence-corrected chi connectivity index (χ1v) is 5.20. The van der Waals surface area contributed by atoms with Gasteiger partial charge >= 0.3 is 6.18 Å². The maximum atomic E-state index is 12.0. The molecule has 2 nitrogen and oxygen atoms in total. The molecule has 1 aliphatic heterocycles. The van der Waals surface area contributed by atoms with Crippen LogP contribution in [0.2, 0.25) is 0 Å². The average molecular weight is 224 g/mol. The first kappa shape index (κ1) is 11.0. The van der Waals surface area contributed by atoms with Gasteiger partial charge in [0.05, 0.1) is 0 Å². The van der Waals surface area contributed by atoms with Crippen LogP contribution in [0, 0.1) is 0 Å². The van der Waals surface area contributed by atoms with E-state index in [-0.39, 0.29) is 6.29 Å². The minimum Gasteiger partial charge on any atom is -0.302 e. The fourth-order valence-electron chi connectivity index (χ4n) is 0.968. The maximum Gasteiger partial charge on any atom is 0.451 e. The van der Waals surface area contributed by atoms with Crippen molar-refractivity contribution in [3.8, 4) is 0 Å². The van der Waals surface area contributed by atoms with Crippen molar-refractivity contribution in [3.63, 3.8) is 0 Å². The number of hydrogen-bond acceptors (Lipinski definition) is 2. The molecule has 1 unspecified atom stereocenters. The molecule has 0 amide bonds. The molecule has 0 aromatic rings. The summed E-state index contributed by atoms with van der Waals surface area (Å²) >= 11 is 0. The molecule has 0 aromatic carbocycles. The van der Waals surface area contributed by atoms with Crippen molar-refractivity contribution in [2.75, 3.05) is 0 Å². The van der Waals surface area contributed by atoms with Crippen molar-refractivity contribution in [1.82, 2.24) is 0 Å². The highest BCUT2D eigenvalue weighted by molar-refractivity contribution is 8.23. The minimum absolute atomic E-state index is 0.0710. The highest BCUT2D eigenvalue weighted by Crippen LogP contribution is 2.40. The molecular weight excluding hydrogens is 217 g/mol.